The Morgan fingerprint density at radius 1 is 1.38 bits per heavy atom. The van der Waals surface area contributed by atoms with Crippen LogP contribution < -0.4 is 0 Å². The molecule has 2 atom stereocenters. The first-order chi connectivity index (χ1) is 5.97. The predicted octanol–water partition coefficient (Wildman–Crippen LogP) is 1.89. The molecule has 76 valence electrons. The molecule has 2 unspecified atom stereocenters. The molecule has 1 aliphatic rings. The van der Waals surface area contributed by atoms with Crippen LogP contribution in [0.4, 0.5) is 0 Å². The summed E-state index contributed by atoms with van der Waals surface area (Å²) in [5.74, 6) is 0. The molecule has 1 rings (SSSR count). The average Bonchev–Trinajstić information content (AvgIpc) is 2.25. The van der Waals surface area contributed by atoms with Crippen LogP contribution in [0, 0.1) is 0 Å². The first-order valence-corrected chi connectivity index (χ1v) is 6.95. The fourth-order valence-electron chi connectivity index (χ4n) is 1.00. The van der Waals surface area contributed by atoms with Crippen LogP contribution >= 0.6 is 19.4 Å². The molecule has 13 heavy (non-hydrogen) atoms. The van der Waals surface area contributed by atoms with Crippen molar-refractivity contribution in [2.45, 2.75) is 26.1 Å². The fourth-order valence-corrected chi connectivity index (χ4v) is 3.86. The lowest BCUT2D eigenvalue weighted by molar-refractivity contribution is -0.109. The van der Waals surface area contributed by atoms with Gasteiger partial charge < -0.3 is 9.05 Å². The third-order valence-electron chi connectivity index (χ3n) is 1.87. The molecule has 0 radical (unpaired) electrons. The van der Waals surface area contributed by atoms with E-state index in [1.54, 1.807) is 20.1 Å². The molecule has 0 aliphatic carbocycles. The van der Waals surface area contributed by atoms with E-state index in [1.807, 2.05) is 0 Å². The summed E-state index contributed by atoms with van der Waals surface area (Å²) in [7, 11) is -3.13. The van der Waals surface area contributed by atoms with Crippen LogP contribution in [0.3, 0.4) is 0 Å². The predicted molar refractivity (Wildman–Crippen MR) is 52.1 cm³/mol. The van der Waals surface area contributed by atoms with Crippen molar-refractivity contribution in [2.24, 2.45) is 0 Å². The zero-order valence-electron chi connectivity index (χ0n) is 7.85. The molecule has 1 heterocycles. The van der Waals surface area contributed by atoms with E-state index in [0.29, 0.717) is 0 Å². The van der Waals surface area contributed by atoms with E-state index in [4.69, 9.17) is 9.05 Å². The topological polar surface area (TPSA) is 52.6 Å². The van der Waals surface area contributed by atoms with Crippen molar-refractivity contribution >= 4 is 24.5 Å². The Morgan fingerprint density at radius 3 is 2.23 bits per heavy atom. The largest absolute Gasteiger partial charge is 0.339 e. The van der Waals surface area contributed by atoms with E-state index in [-0.39, 0.29) is 23.5 Å². The number of rotatable bonds is 2. The highest BCUT2D eigenvalue weighted by atomic mass is 32.2. The van der Waals surface area contributed by atoms with Gasteiger partial charge in [0, 0.05) is 0 Å². The zero-order valence-corrected chi connectivity index (χ0v) is 9.56. The zero-order chi connectivity index (χ0) is 10.1. The lowest BCUT2D eigenvalue weighted by Gasteiger charge is -2.07. The van der Waals surface area contributed by atoms with Crippen LogP contribution in [-0.4, -0.2) is 29.7 Å². The van der Waals surface area contributed by atoms with Crippen molar-refractivity contribution in [3.05, 3.63) is 0 Å². The minimum Gasteiger partial charge on any atom is -0.302 e. The van der Waals surface area contributed by atoms with Crippen molar-refractivity contribution in [3.8, 4) is 0 Å². The molecule has 0 aromatic carbocycles. The van der Waals surface area contributed by atoms with Gasteiger partial charge in [-0.05, 0) is 20.1 Å². The fraction of sp³-hybridized carbons (Fsp3) is 0.857. The van der Waals surface area contributed by atoms with Crippen molar-refractivity contribution < 1.29 is 18.4 Å². The third kappa shape index (κ3) is 2.81. The normalized spacial score (nSPS) is 39.3. The molecule has 0 N–H and O–H groups in total. The quantitative estimate of drug-likeness (QED) is 0.670. The van der Waals surface area contributed by atoms with Gasteiger partial charge in [0.1, 0.15) is 6.16 Å². The SMILES string of the molecule is CSC(=O)CP1(=O)OC(C)C(C)O1. The van der Waals surface area contributed by atoms with Crippen LogP contribution in [0.1, 0.15) is 13.8 Å². The Hall–Kier alpha value is 0.170. The van der Waals surface area contributed by atoms with Crippen molar-refractivity contribution in [2.75, 3.05) is 12.4 Å². The number of carbonyl (C=O) groups is 1. The van der Waals surface area contributed by atoms with Crippen LogP contribution in [0.25, 0.3) is 0 Å². The van der Waals surface area contributed by atoms with Crippen molar-refractivity contribution in [1.82, 2.24) is 0 Å². The van der Waals surface area contributed by atoms with Crippen LogP contribution in [0.5, 0.6) is 0 Å². The molecule has 0 spiro atoms. The van der Waals surface area contributed by atoms with E-state index in [9.17, 15) is 9.36 Å². The number of hydrogen-bond donors (Lipinski definition) is 0. The highest BCUT2D eigenvalue weighted by Gasteiger charge is 2.41. The lowest BCUT2D eigenvalue weighted by Crippen LogP contribution is -2.13. The summed E-state index contributed by atoms with van der Waals surface area (Å²) in [6.45, 7) is 3.57. The standard InChI is InChI=1S/C7H13O4PS/c1-5-6(2)11-12(9,10-5)4-7(8)13-3/h5-6H,4H2,1-3H3. The highest BCUT2D eigenvalue weighted by Crippen LogP contribution is 2.56. The third-order valence-corrected chi connectivity index (χ3v) is 4.66. The smallest absolute Gasteiger partial charge is 0.302 e. The molecule has 0 bridgehead atoms. The summed E-state index contributed by atoms with van der Waals surface area (Å²) in [4.78, 5) is 11.0. The number of thioether (sulfide) groups is 1. The Labute approximate surface area is 81.9 Å². The monoisotopic (exact) mass is 224 g/mol. The minimum absolute atomic E-state index is 0.122. The van der Waals surface area contributed by atoms with Gasteiger partial charge in [0.05, 0.1) is 12.2 Å². The molecule has 6 heteroatoms. The average molecular weight is 224 g/mol. The van der Waals surface area contributed by atoms with Gasteiger partial charge in [0.15, 0.2) is 0 Å². The summed E-state index contributed by atoms with van der Waals surface area (Å²) in [5, 5.41) is -0.162. The second kappa shape index (κ2) is 4.13. The Morgan fingerprint density at radius 2 is 1.85 bits per heavy atom. The second-order valence-electron chi connectivity index (χ2n) is 2.97. The minimum atomic E-state index is -3.13. The van der Waals surface area contributed by atoms with Gasteiger partial charge in [-0.15, -0.1) is 0 Å². The molecule has 0 aromatic heterocycles. The van der Waals surface area contributed by atoms with Gasteiger partial charge in [0.25, 0.3) is 0 Å². The molecule has 4 nitrogen and oxygen atoms in total. The molecule has 0 amide bonds. The van der Waals surface area contributed by atoms with Gasteiger partial charge >= 0.3 is 7.60 Å². The van der Waals surface area contributed by atoms with E-state index in [2.05, 4.69) is 0 Å². The summed E-state index contributed by atoms with van der Waals surface area (Å²) in [5.41, 5.74) is 0. The molecular formula is C7H13O4PS. The summed E-state index contributed by atoms with van der Waals surface area (Å²) >= 11 is 1.04. The van der Waals surface area contributed by atoms with E-state index in [1.165, 1.54) is 0 Å². The van der Waals surface area contributed by atoms with Crippen LogP contribution in [-0.2, 0) is 18.4 Å². The van der Waals surface area contributed by atoms with Gasteiger partial charge in [-0.3, -0.25) is 9.36 Å². The molecular weight excluding hydrogens is 211 g/mol. The number of hydrogen-bond acceptors (Lipinski definition) is 5. The lowest BCUT2D eigenvalue weighted by atomic mass is 10.3. The Balaban J connectivity index is 2.59. The van der Waals surface area contributed by atoms with Crippen LogP contribution in [0.15, 0.2) is 0 Å². The molecule has 0 aromatic rings. The Kier molecular flexibility index (Phi) is 3.57. The van der Waals surface area contributed by atoms with E-state index in [0.717, 1.165) is 11.8 Å². The van der Waals surface area contributed by atoms with Crippen molar-refractivity contribution in [3.63, 3.8) is 0 Å². The van der Waals surface area contributed by atoms with Gasteiger partial charge in [-0.2, -0.15) is 0 Å². The maximum absolute atomic E-state index is 11.7. The summed E-state index contributed by atoms with van der Waals surface area (Å²) in [6.07, 6.45) is 1.14. The first kappa shape index (κ1) is 11.2. The van der Waals surface area contributed by atoms with E-state index < -0.39 is 7.60 Å². The van der Waals surface area contributed by atoms with E-state index >= 15 is 0 Å². The summed E-state index contributed by atoms with van der Waals surface area (Å²) < 4.78 is 22.0. The van der Waals surface area contributed by atoms with Gasteiger partial charge in [-0.1, -0.05) is 11.8 Å². The second-order valence-corrected chi connectivity index (χ2v) is 5.79. The van der Waals surface area contributed by atoms with Crippen LogP contribution in [0.2, 0.25) is 0 Å². The highest BCUT2D eigenvalue weighted by molar-refractivity contribution is 8.13. The summed E-state index contributed by atoms with van der Waals surface area (Å²) in [6, 6.07) is 0. The van der Waals surface area contributed by atoms with Crippen molar-refractivity contribution in [1.29, 1.82) is 0 Å². The number of carbonyl (C=O) groups excluding carboxylic acids is 1. The maximum atomic E-state index is 11.7. The molecule has 0 saturated carbocycles. The van der Waals surface area contributed by atoms with Gasteiger partial charge in [-0.25, -0.2) is 0 Å². The first-order valence-electron chi connectivity index (χ1n) is 3.99. The Bertz CT molecular complexity index is 241. The molecule has 1 fully saturated rings. The molecule has 1 aliphatic heterocycles. The van der Waals surface area contributed by atoms with Gasteiger partial charge in [0.2, 0.25) is 5.12 Å². The maximum Gasteiger partial charge on any atom is 0.339 e. The molecule has 1 saturated heterocycles.